The van der Waals surface area contributed by atoms with Gasteiger partial charge in [0.2, 0.25) is 0 Å². The van der Waals surface area contributed by atoms with Crippen LogP contribution in [0.1, 0.15) is 18.2 Å². The Kier molecular flexibility index (Phi) is 2.53. The van der Waals surface area contributed by atoms with E-state index in [0.717, 1.165) is 5.69 Å². The predicted octanol–water partition coefficient (Wildman–Crippen LogP) is 0.982. The Morgan fingerprint density at radius 3 is 2.93 bits per heavy atom. The van der Waals surface area contributed by atoms with Crippen LogP contribution in [0, 0.1) is 0 Å². The second kappa shape index (κ2) is 3.55. The number of hydrogen-bond donors (Lipinski definition) is 0. The molecule has 6 heteroatoms. The maximum Gasteiger partial charge on any atom is 0.152 e. The van der Waals surface area contributed by atoms with Crippen molar-refractivity contribution in [2.24, 2.45) is 0 Å². The van der Waals surface area contributed by atoms with Crippen LogP contribution in [0.3, 0.4) is 0 Å². The van der Waals surface area contributed by atoms with Crippen LogP contribution in [0.5, 0.6) is 0 Å². The van der Waals surface area contributed by atoms with E-state index in [0.29, 0.717) is 12.3 Å². The van der Waals surface area contributed by atoms with Crippen LogP contribution >= 0.6 is 11.6 Å². The molecule has 1 aliphatic rings. The molecule has 1 saturated heterocycles. The van der Waals surface area contributed by atoms with Crippen molar-refractivity contribution >= 4 is 21.4 Å². The minimum Gasteiger partial charge on any atom is -0.333 e. The number of hydrogen-bond acceptors (Lipinski definition) is 3. The largest absolute Gasteiger partial charge is 0.333 e. The number of alkyl halides is 1. The maximum absolute atomic E-state index is 11.2. The first-order valence-corrected chi connectivity index (χ1v) is 6.75. The fraction of sp³-hybridized carbons (Fsp3) is 0.625. The zero-order valence-electron chi connectivity index (χ0n) is 7.56. The van der Waals surface area contributed by atoms with E-state index in [9.17, 15) is 8.42 Å². The third kappa shape index (κ3) is 1.93. The van der Waals surface area contributed by atoms with Gasteiger partial charge in [-0.05, 0) is 6.42 Å². The molecule has 14 heavy (non-hydrogen) atoms. The standard InChI is InChI=1S/C8H11ClN2O2S/c9-3-7-4-11(6-10-7)8-1-2-14(12,13)5-8/h4,6,8H,1-3,5H2. The highest BCUT2D eigenvalue weighted by Crippen LogP contribution is 2.23. The molecular formula is C8H11ClN2O2S. The van der Waals surface area contributed by atoms with Gasteiger partial charge in [0, 0.05) is 12.2 Å². The van der Waals surface area contributed by atoms with Gasteiger partial charge in [0.05, 0.1) is 29.4 Å². The number of imidazole rings is 1. The molecule has 0 bridgehead atoms. The van der Waals surface area contributed by atoms with Gasteiger partial charge in [-0.2, -0.15) is 0 Å². The van der Waals surface area contributed by atoms with Crippen LogP contribution in [-0.2, 0) is 15.7 Å². The zero-order chi connectivity index (χ0) is 10.2. The topological polar surface area (TPSA) is 52.0 Å². The van der Waals surface area contributed by atoms with Crippen LogP contribution in [0.2, 0.25) is 0 Å². The monoisotopic (exact) mass is 234 g/mol. The summed E-state index contributed by atoms with van der Waals surface area (Å²) in [6, 6.07) is 0.0458. The predicted molar refractivity (Wildman–Crippen MR) is 54.1 cm³/mol. The minimum absolute atomic E-state index is 0.0458. The summed E-state index contributed by atoms with van der Waals surface area (Å²) in [7, 11) is -2.82. The summed E-state index contributed by atoms with van der Waals surface area (Å²) in [5.41, 5.74) is 0.788. The van der Waals surface area contributed by atoms with Gasteiger partial charge in [0.1, 0.15) is 0 Å². The van der Waals surface area contributed by atoms with E-state index in [4.69, 9.17) is 11.6 Å². The molecule has 2 heterocycles. The molecule has 0 amide bonds. The molecule has 2 rings (SSSR count). The van der Waals surface area contributed by atoms with Gasteiger partial charge >= 0.3 is 0 Å². The third-order valence-electron chi connectivity index (χ3n) is 2.42. The van der Waals surface area contributed by atoms with Crippen LogP contribution in [-0.4, -0.2) is 29.5 Å². The zero-order valence-corrected chi connectivity index (χ0v) is 9.13. The van der Waals surface area contributed by atoms with Crippen molar-refractivity contribution in [3.63, 3.8) is 0 Å². The molecule has 0 saturated carbocycles. The SMILES string of the molecule is O=S1(=O)CCC(n2cnc(CCl)c2)C1. The molecule has 1 aromatic heterocycles. The highest BCUT2D eigenvalue weighted by Gasteiger charge is 2.28. The van der Waals surface area contributed by atoms with Gasteiger partial charge in [-0.25, -0.2) is 13.4 Å². The molecular weight excluding hydrogens is 224 g/mol. The molecule has 1 aliphatic heterocycles. The van der Waals surface area contributed by atoms with E-state index in [1.807, 2.05) is 10.8 Å². The third-order valence-corrected chi connectivity index (χ3v) is 4.45. The summed E-state index contributed by atoms with van der Waals surface area (Å²) >= 11 is 5.61. The van der Waals surface area contributed by atoms with Gasteiger partial charge < -0.3 is 4.57 Å². The Morgan fingerprint density at radius 2 is 2.43 bits per heavy atom. The van der Waals surface area contributed by atoms with Gasteiger partial charge in [0.15, 0.2) is 9.84 Å². The number of nitrogens with zero attached hydrogens (tertiary/aromatic N) is 2. The normalized spacial score (nSPS) is 25.4. The highest BCUT2D eigenvalue weighted by molar-refractivity contribution is 7.91. The average molecular weight is 235 g/mol. The lowest BCUT2D eigenvalue weighted by Gasteiger charge is -2.07. The van der Waals surface area contributed by atoms with Gasteiger partial charge in [-0.15, -0.1) is 11.6 Å². The van der Waals surface area contributed by atoms with Crippen LogP contribution < -0.4 is 0 Å². The van der Waals surface area contributed by atoms with Crippen molar-refractivity contribution in [1.82, 2.24) is 9.55 Å². The first-order valence-electron chi connectivity index (χ1n) is 4.39. The smallest absolute Gasteiger partial charge is 0.152 e. The lowest BCUT2D eigenvalue weighted by Crippen LogP contribution is -2.09. The number of halogens is 1. The molecule has 1 atom stereocenters. The summed E-state index contributed by atoms with van der Waals surface area (Å²) in [6.45, 7) is 0. The molecule has 1 unspecified atom stereocenters. The summed E-state index contributed by atoms with van der Waals surface area (Å²) in [4.78, 5) is 4.06. The Balaban J connectivity index is 2.17. The van der Waals surface area contributed by atoms with Crippen molar-refractivity contribution in [2.75, 3.05) is 11.5 Å². The van der Waals surface area contributed by atoms with Gasteiger partial charge in [0.25, 0.3) is 0 Å². The first kappa shape index (κ1) is 9.98. The molecule has 0 aliphatic carbocycles. The summed E-state index contributed by atoms with van der Waals surface area (Å²) in [6.07, 6.45) is 4.15. The Morgan fingerprint density at radius 1 is 1.64 bits per heavy atom. The fourth-order valence-electron chi connectivity index (χ4n) is 1.66. The van der Waals surface area contributed by atoms with Crippen LogP contribution in [0.15, 0.2) is 12.5 Å². The summed E-state index contributed by atoms with van der Waals surface area (Å²) in [5, 5.41) is 0. The van der Waals surface area contributed by atoms with Crippen LogP contribution in [0.25, 0.3) is 0 Å². The van der Waals surface area contributed by atoms with Crippen molar-refractivity contribution in [3.05, 3.63) is 18.2 Å². The second-order valence-corrected chi connectivity index (χ2v) is 6.00. The summed E-state index contributed by atoms with van der Waals surface area (Å²) < 4.78 is 24.3. The molecule has 78 valence electrons. The number of rotatable bonds is 2. The minimum atomic E-state index is -2.82. The van der Waals surface area contributed by atoms with E-state index >= 15 is 0 Å². The van der Waals surface area contributed by atoms with Gasteiger partial charge in [-0.1, -0.05) is 0 Å². The van der Waals surface area contributed by atoms with Crippen molar-refractivity contribution in [3.8, 4) is 0 Å². The second-order valence-electron chi connectivity index (χ2n) is 3.50. The molecule has 1 fully saturated rings. The fourth-order valence-corrected chi connectivity index (χ4v) is 3.52. The Labute approximate surface area is 87.8 Å². The van der Waals surface area contributed by atoms with E-state index in [1.54, 1.807) is 6.33 Å². The lowest BCUT2D eigenvalue weighted by molar-refractivity contribution is 0.554. The molecule has 0 radical (unpaired) electrons. The maximum atomic E-state index is 11.2. The number of aromatic nitrogens is 2. The van der Waals surface area contributed by atoms with E-state index < -0.39 is 9.84 Å². The molecule has 0 spiro atoms. The van der Waals surface area contributed by atoms with E-state index in [-0.39, 0.29) is 17.5 Å². The summed E-state index contributed by atoms with van der Waals surface area (Å²) in [5.74, 6) is 0.879. The molecule has 4 nitrogen and oxygen atoms in total. The van der Waals surface area contributed by atoms with E-state index in [2.05, 4.69) is 4.98 Å². The van der Waals surface area contributed by atoms with Crippen LogP contribution in [0.4, 0.5) is 0 Å². The Bertz CT molecular complexity index is 426. The quantitative estimate of drug-likeness (QED) is 0.717. The van der Waals surface area contributed by atoms with Crippen molar-refractivity contribution in [1.29, 1.82) is 0 Å². The van der Waals surface area contributed by atoms with Crippen molar-refractivity contribution < 1.29 is 8.42 Å². The highest BCUT2D eigenvalue weighted by atomic mass is 35.5. The molecule has 1 aromatic rings. The first-order chi connectivity index (χ1) is 6.61. The molecule has 0 N–H and O–H groups in total. The van der Waals surface area contributed by atoms with Crippen molar-refractivity contribution in [2.45, 2.75) is 18.3 Å². The average Bonchev–Trinajstić information content (AvgIpc) is 2.70. The molecule has 0 aromatic carbocycles. The van der Waals surface area contributed by atoms with Gasteiger partial charge in [-0.3, -0.25) is 0 Å². The lowest BCUT2D eigenvalue weighted by atomic mass is 10.3. The Hall–Kier alpha value is -0.550. The van der Waals surface area contributed by atoms with E-state index in [1.165, 1.54) is 0 Å². The number of sulfone groups is 1.